The summed E-state index contributed by atoms with van der Waals surface area (Å²) in [5, 5.41) is 3.20. The van der Waals surface area contributed by atoms with Crippen LogP contribution in [0.2, 0.25) is 0 Å². The van der Waals surface area contributed by atoms with Crippen LogP contribution in [0.25, 0.3) is 0 Å². The highest BCUT2D eigenvalue weighted by Gasteiger charge is 2.52. The predicted molar refractivity (Wildman–Crippen MR) is 95.9 cm³/mol. The second-order valence-electron chi connectivity index (χ2n) is 7.33. The summed E-state index contributed by atoms with van der Waals surface area (Å²) in [4.78, 5) is 14.5. The van der Waals surface area contributed by atoms with Crippen molar-refractivity contribution < 1.29 is 4.79 Å². The first-order valence-corrected chi connectivity index (χ1v) is 10.0. The van der Waals surface area contributed by atoms with E-state index < -0.39 is 0 Å². The number of benzene rings is 1. The molecule has 0 aromatic heterocycles. The van der Waals surface area contributed by atoms with E-state index in [4.69, 9.17) is 0 Å². The Morgan fingerprint density at radius 1 is 1.35 bits per heavy atom. The zero-order valence-electron chi connectivity index (χ0n) is 13.8. The third-order valence-electron chi connectivity index (χ3n) is 5.95. The van der Waals surface area contributed by atoms with Crippen LogP contribution in [0.1, 0.15) is 29.9 Å². The molecule has 0 radical (unpaired) electrons. The average Bonchev–Trinajstić information content (AvgIpc) is 3.00. The number of rotatable bonds is 5. The van der Waals surface area contributed by atoms with Crippen molar-refractivity contribution in [3.05, 3.63) is 35.4 Å². The number of hydrogen-bond donors (Lipinski definition) is 1. The molecule has 1 saturated carbocycles. The topological polar surface area (TPSA) is 32.3 Å². The van der Waals surface area contributed by atoms with E-state index in [0.717, 1.165) is 12.5 Å². The molecule has 1 saturated heterocycles. The number of aryl methyl sites for hydroxylation is 1. The molecule has 1 heterocycles. The van der Waals surface area contributed by atoms with E-state index in [-0.39, 0.29) is 5.91 Å². The van der Waals surface area contributed by atoms with Gasteiger partial charge in [-0.3, -0.25) is 9.69 Å². The summed E-state index contributed by atoms with van der Waals surface area (Å²) in [6, 6.07) is 9.45. The molecule has 23 heavy (non-hydrogen) atoms. The van der Waals surface area contributed by atoms with Gasteiger partial charge in [-0.15, -0.1) is 0 Å². The quantitative estimate of drug-likeness (QED) is 0.900. The van der Waals surface area contributed by atoms with E-state index in [9.17, 15) is 4.79 Å². The zero-order chi connectivity index (χ0) is 15.8. The molecule has 0 bridgehead atoms. The Hall–Kier alpha value is -1.00. The summed E-state index contributed by atoms with van der Waals surface area (Å²) in [5.74, 6) is 4.77. The van der Waals surface area contributed by atoms with Crippen molar-refractivity contribution in [1.82, 2.24) is 10.2 Å². The van der Waals surface area contributed by atoms with Gasteiger partial charge in [-0.05, 0) is 60.9 Å². The van der Waals surface area contributed by atoms with Crippen molar-refractivity contribution in [1.29, 1.82) is 0 Å². The van der Waals surface area contributed by atoms with E-state index in [1.807, 2.05) is 11.8 Å². The van der Waals surface area contributed by atoms with Crippen molar-refractivity contribution >= 4 is 17.7 Å². The van der Waals surface area contributed by atoms with E-state index in [1.54, 1.807) is 5.56 Å². The summed E-state index contributed by atoms with van der Waals surface area (Å²) >= 11 is 2.00. The number of nitrogens with zero attached hydrogens (tertiary/aromatic N) is 1. The standard InChI is InChI=1S/C19H26N2OS/c1-21(14-8-9-23-12-14)11-18(22)20-10-17-16-7-6-13-4-2-3-5-15(13)19(16)17/h2-5,14,16-17,19H,6-12H2,1H3,(H,20,22)/t14-,16+,17-,19+/m1/s1. The van der Waals surface area contributed by atoms with Crippen LogP contribution in [0.15, 0.2) is 24.3 Å². The molecular weight excluding hydrogens is 304 g/mol. The summed E-state index contributed by atoms with van der Waals surface area (Å²) in [6.07, 6.45) is 3.73. The number of carbonyl (C=O) groups excluding carboxylic acids is 1. The van der Waals surface area contributed by atoms with Gasteiger partial charge in [-0.1, -0.05) is 24.3 Å². The molecule has 1 amide bonds. The van der Waals surface area contributed by atoms with Crippen LogP contribution < -0.4 is 5.32 Å². The Balaban J connectivity index is 1.27. The number of thioether (sulfide) groups is 1. The third kappa shape index (κ3) is 3.16. The lowest BCUT2D eigenvalue weighted by atomic mass is 9.92. The first-order valence-electron chi connectivity index (χ1n) is 8.86. The van der Waals surface area contributed by atoms with Crippen LogP contribution in [0.5, 0.6) is 0 Å². The van der Waals surface area contributed by atoms with Crippen molar-refractivity contribution in [2.75, 3.05) is 31.6 Å². The van der Waals surface area contributed by atoms with Gasteiger partial charge in [0.25, 0.3) is 0 Å². The molecule has 0 spiro atoms. The van der Waals surface area contributed by atoms with Crippen molar-refractivity contribution in [2.45, 2.75) is 31.2 Å². The Kier molecular flexibility index (Phi) is 4.37. The van der Waals surface area contributed by atoms with Gasteiger partial charge in [0.1, 0.15) is 0 Å². The van der Waals surface area contributed by atoms with Gasteiger partial charge in [-0.2, -0.15) is 11.8 Å². The molecule has 4 atom stereocenters. The van der Waals surface area contributed by atoms with Gasteiger partial charge in [0, 0.05) is 18.3 Å². The summed E-state index contributed by atoms with van der Waals surface area (Å²) in [5.41, 5.74) is 3.07. The van der Waals surface area contributed by atoms with Crippen LogP contribution in [0, 0.1) is 11.8 Å². The number of hydrogen-bond acceptors (Lipinski definition) is 3. The largest absolute Gasteiger partial charge is 0.355 e. The highest BCUT2D eigenvalue weighted by Crippen LogP contribution is 2.59. The van der Waals surface area contributed by atoms with E-state index >= 15 is 0 Å². The predicted octanol–water partition coefficient (Wildman–Crippen LogP) is 2.52. The van der Waals surface area contributed by atoms with Crippen molar-refractivity contribution in [3.8, 4) is 0 Å². The van der Waals surface area contributed by atoms with Gasteiger partial charge < -0.3 is 5.32 Å². The molecule has 1 aromatic rings. The van der Waals surface area contributed by atoms with Gasteiger partial charge in [0.2, 0.25) is 5.91 Å². The lowest BCUT2D eigenvalue weighted by Crippen LogP contribution is -2.41. The first kappa shape index (κ1) is 15.5. The fourth-order valence-corrected chi connectivity index (χ4v) is 5.80. The molecule has 2 fully saturated rings. The van der Waals surface area contributed by atoms with Gasteiger partial charge in [0.05, 0.1) is 6.54 Å². The monoisotopic (exact) mass is 330 g/mol. The van der Waals surface area contributed by atoms with Crippen LogP contribution in [-0.2, 0) is 11.2 Å². The van der Waals surface area contributed by atoms with Crippen molar-refractivity contribution in [2.24, 2.45) is 11.8 Å². The number of carbonyl (C=O) groups is 1. The maximum absolute atomic E-state index is 12.2. The number of nitrogens with one attached hydrogen (secondary N) is 1. The third-order valence-corrected chi connectivity index (χ3v) is 7.09. The molecule has 0 unspecified atom stereocenters. The molecule has 1 aromatic carbocycles. The smallest absolute Gasteiger partial charge is 0.234 e. The van der Waals surface area contributed by atoms with Crippen molar-refractivity contribution in [3.63, 3.8) is 0 Å². The molecule has 124 valence electrons. The van der Waals surface area contributed by atoms with Crippen LogP contribution in [0.4, 0.5) is 0 Å². The molecule has 3 aliphatic rings. The molecule has 4 rings (SSSR count). The van der Waals surface area contributed by atoms with Crippen LogP contribution in [-0.4, -0.2) is 48.5 Å². The lowest BCUT2D eigenvalue weighted by molar-refractivity contribution is -0.122. The SMILES string of the molecule is CN(CC(=O)NC[C@@H]1[C@@H]2CCc3ccccc3[C@H]12)[C@@H]1CCSC1. The van der Waals surface area contributed by atoms with Gasteiger partial charge in [0.15, 0.2) is 0 Å². The Labute approximate surface area is 143 Å². The highest BCUT2D eigenvalue weighted by atomic mass is 32.2. The number of likely N-dealkylation sites (N-methyl/N-ethyl adjacent to an activating group) is 1. The second-order valence-corrected chi connectivity index (χ2v) is 8.48. The normalized spacial score (nSPS) is 31.6. The number of amides is 1. The zero-order valence-corrected chi connectivity index (χ0v) is 14.6. The Morgan fingerprint density at radius 2 is 2.22 bits per heavy atom. The second kappa shape index (κ2) is 6.48. The summed E-state index contributed by atoms with van der Waals surface area (Å²) in [6.45, 7) is 1.40. The minimum atomic E-state index is 0.196. The van der Waals surface area contributed by atoms with E-state index in [0.29, 0.717) is 24.4 Å². The lowest BCUT2D eigenvalue weighted by Gasteiger charge is -2.22. The minimum Gasteiger partial charge on any atom is -0.355 e. The fraction of sp³-hybridized carbons (Fsp3) is 0.632. The Morgan fingerprint density at radius 3 is 3.04 bits per heavy atom. The van der Waals surface area contributed by atoms with E-state index in [1.165, 1.54) is 36.3 Å². The Bertz CT molecular complexity index is 584. The summed E-state index contributed by atoms with van der Waals surface area (Å²) < 4.78 is 0. The molecular formula is C19H26N2OS. The van der Waals surface area contributed by atoms with E-state index in [2.05, 4.69) is 41.5 Å². The minimum absolute atomic E-state index is 0.196. The molecule has 3 nitrogen and oxygen atoms in total. The average molecular weight is 330 g/mol. The molecule has 1 N–H and O–H groups in total. The number of fused-ring (bicyclic) bond motifs is 3. The molecule has 1 aliphatic heterocycles. The highest BCUT2D eigenvalue weighted by molar-refractivity contribution is 7.99. The maximum Gasteiger partial charge on any atom is 0.234 e. The van der Waals surface area contributed by atoms with Gasteiger partial charge in [-0.25, -0.2) is 0 Å². The van der Waals surface area contributed by atoms with Crippen LogP contribution >= 0.6 is 11.8 Å². The summed E-state index contributed by atoms with van der Waals surface area (Å²) in [7, 11) is 2.09. The van der Waals surface area contributed by atoms with Gasteiger partial charge >= 0.3 is 0 Å². The molecule has 2 aliphatic carbocycles. The molecule has 4 heteroatoms. The first-order chi connectivity index (χ1) is 11.2. The fourth-order valence-electron chi connectivity index (χ4n) is 4.50. The maximum atomic E-state index is 12.2. The van der Waals surface area contributed by atoms with Crippen LogP contribution in [0.3, 0.4) is 0 Å².